The summed E-state index contributed by atoms with van der Waals surface area (Å²) in [7, 11) is 1.25. The van der Waals surface area contributed by atoms with E-state index in [1.807, 2.05) is 29.4 Å². The Balaban J connectivity index is 1.58. The number of methoxy groups -OCH3 is 1. The molecule has 2 aliphatic rings. The number of carbonyl (C=O) groups excluding carboxylic acids is 1. The van der Waals surface area contributed by atoms with Gasteiger partial charge in [-0.05, 0) is 43.7 Å². The van der Waals surface area contributed by atoms with Crippen LogP contribution in [0.25, 0.3) is 21.5 Å². The highest BCUT2D eigenvalue weighted by Gasteiger charge is 2.37. The van der Waals surface area contributed by atoms with E-state index in [2.05, 4.69) is 9.55 Å². The van der Waals surface area contributed by atoms with Crippen LogP contribution in [0.4, 0.5) is 10.7 Å². The monoisotopic (exact) mass is 498 g/mol. The maximum Gasteiger partial charge on any atom is 0.347 e. The number of thiophene rings is 1. The van der Waals surface area contributed by atoms with Crippen LogP contribution in [-0.4, -0.2) is 52.4 Å². The highest BCUT2D eigenvalue weighted by molar-refractivity contribution is 7.20. The van der Waals surface area contributed by atoms with Crippen molar-refractivity contribution in [2.75, 3.05) is 31.7 Å². The van der Waals surface area contributed by atoms with Gasteiger partial charge >= 0.3 is 11.7 Å². The minimum atomic E-state index is -0.706. The number of imidazole rings is 1. The van der Waals surface area contributed by atoms with Crippen molar-refractivity contribution in [1.29, 1.82) is 0 Å². The summed E-state index contributed by atoms with van der Waals surface area (Å²) in [6, 6.07) is 6.21. The molecule has 186 valence electrons. The predicted octanol–water partition coefficient (Wildman–Crippen LogP) is 5.17. The molecule has 0 spiro atoms. The molecule has 1 unspecified atom stereocenters. The molecule has 0 amide bonds. The number of rotatable bonds is 7. The summed E-state index contributed by atoms with van der Waals surface area (Å²) >= 11 is 1.26. The van der Waals surface area contributed by atoms with Gasteiger partial charge in [0.05, 0.1) is 29.4 Å². The Morgan fingerprint density at radius 3 is 2.80 bits per heavy atom. The lowest BCUT2D eigenvalue weighted by atomic mass is 9.95. The Bertz CT molecular complexity index is 1250. The van der Waals surface area contributed by atoms with Gasteiger partial charge in [-0.15, -0.1) is 11.3 Å². The number of nitrogens with zero attached hydrogens (tertiary/aromatic N) is 4. The fourth-order valence-electron chi connectivity index (χ4n) is 5.55. The van der Waals surface area contributed by atoms with Crippen molar-refractivity contribution in [3.8, 4) is 10.4 Å². The van der Waals surface area contributed by atoms with E-state index in [-0.39, 0.29) is 23.8 Å². The number of ether oxygens (including phenoxy) is 1. The molecule has 2 aromatic heterocycles. The van der Waals surface area contributed by atoms with Gasteiger partial charge in [0.1, 0.15) is 9.88 Å². The molecular weight excluding hydrogens is 468 g/mol. The summed E-state index contributed by atoms with van der Waals surface area (Å²) < 4.78 is 7.21. The van der Waals surface area contributed by atoms with Gasteiger partial charge in [-0.2, -0.15) is 0 Å². The van der Waals surface area contributed by atoms with Crippen LogP contribution in [0.15, 0.2) is 24.5 Å². The summed E-state index contributed by atoms with van der Waals surface area (Å²) in [6.07, 6.45) is 9.42. The topological polar surface area (TPSA) is 111 Å². The van der Waals surface area contributed by atoms with E-state index < -0.39 is 10.9 Å². The van der Waals surface area contributed by atoms with Crippen molar-refractivity contribution in [1.82, 2.24) is 9.55 Å². The third kappa shape index (κ3) is 4.40. The van der Waals surface area contributed by atoms with E-state index in [0.29, 0.717) is 41.0 Å². The second-order valence-electron chi connectivity index (χ2n) is 9.47. The molecule has 3 aromatic rings. The molecule has 35 heavy (non-hydrogen) atoms. The Morgan fingerprint density at radius 1 is 1.29 bits per heavy atom. The van der Waals surface area contributed by atoms with Crippen LogP contribution in [0.5, 0.6) is 0 Å². The minimum Gasteiger partial charge on any atom is -0.465 e. The molecular formula is C25H30N4O5S. The number of hydrogen-bond acceptors (Lipinski definition) is 8. The summed E-state index contributed by atoms with van der Waals surface area (Å²) in [5.41, 5.74) is 2.29. The first-order valence-corrected chi connectivity index (χ1v) is 13.1. The molecule has 2 fully saturated rings. The van der Waals surface area contributed by atoms with Gasteiger partial charge in [-0.1, -0.05) is 25.3 Å². The fourth-order valence-corrected chi connectivity index (χ4v) is 6.84. The van der Waals surface area contributed by atoms with Crippen molar-refractivity contribution >= 4 is 39.0 Å². The first-order valence-electron chi connectivity index (χ1n) is 12.2. The molecule has 5 rings (SSSR count). The lowest BCUT2D eigenvalue weighted by Gasteiger charge is -2.23. The number of aliphatic hydroxyl groups excluding tert-OH is 1. The fraction of sp³-hybridized carbons (Fsp3) is 0.520. The lowest BCUT2D eigenvalue weighted by Crippen LogP contribution is -2.21. The van der Waals surface area contributed by atoms with Gasteiger partial charge < -0.3 is 19.3 Å². The Kier molecular flexibility index (Phi) is 6.75. The van der Waals surface area contributed by atoms with Crippen LogP contribution >= 0.6 is 11.3 Å². The van der Waals surface area contributed by atoms with Crippen LogP contribution < -0.4 is 4.90 Å². The summed E-state index contributed by atoms with van der Waals surface area (Å²) in [4.78, 5) is 31.6. The normalized spacial score (nSPS) is 18.9. The van der Waals surface area contributed by atoms with Crippen molar-refractivity contribution in [3.63, 3.8) is 0 Å². The van der Waals surface area contributed by atoms with Gasteiger partial charge in [0, 0.05) is 31.3 Å². The van der Waals surface area contributed by atoms with E-state index in [1.54, 1.807) is 0 Å². The zero-order valence-corrected chi connectivity index (χ0v) is 20.6. The van der Waals surface area contributed by atoms with E-state index in [9.17, 15) is 20.0 Å². The van der Waals surface area contributed by atoms with Crippen molar-refractivity contribution in [2.45, 2.75) is 51.0 Å². The molecule has 1 aliphatic carbocycles. The molecule has 0 radical (unpaired) electrons. The van der Waals surface area contributed by atoms with E-state index in [4.69, 9.17) is 4.74 Å². The number of aliphatic hydroxyl groups is 1. The molecule has 0 bridgehead atoms. The van der Waals surface area contributed by atoms with Crippen LogP contribution in [-0.2, 0) is 4.74 Å². The number of anilines is 1. The first-order chi connectivity index (χ1) is 17.0. The van der Waals surface area contributed by atoms with Crippen LogP contribution in [0.2, 0.25) is 0 Å². The van der Waals surface area contributed by atoms with Crippen LogP contribution in [0.3, 0.4) is 0 Å². The maximum atomic E-state index is 12.8. The zero-order valence-electron chi connectivity index (χ0n) is 19.8. The largest absolute Gasteiger partial charge is 0.465 e. The molecule has 10 heteroatoms. The predicted molar refractivity (Wildman–Crippen MR) is 135 cm³/mol. The van der Waals surface area contributed by atoms with Crippen LogP contribution in [0, 0.1) is 16.0 Å². The van der Waals surface area contributed by atoms with Crippen LogP contribution in [0.1, 0.15) is 61.3 Å². The second-order valence-corrected chi connectivity index (χ2v) is 10.5. The number of carbonyl (C=O) groups is 1. The number of esters is 1. The lowest BCUT2D eigenvalue weighted by molar-refractivity contribution is -0.384. The smallest absolute Gasteiger partial charge is 0.347 e. The first kappa shape index (κ1) is 23.7. The molecule has 1 aliphatic heterocycles. The number of nitro groups is 1. The minimum absolute atomic E-state index is 0.00924. The Labute approximate surface area is 207 Å². The SMILES string of the molecule is COC(=O)c1c(N2CCC(CCO)C2)sc(-c2ccc3c(c2)ncn3C2CCCCC2)c1[N+](=O)[O-]. The van der Waals surface area contributed by atoms with Gasteiger partial charge in [0.25, 0.3) is 0 Å². The summed E-state index contributed by atoms with van der Waals surface area (Å²) in [6.45, 7) is 1.43. The van der Waals surface area contributed by atoms with Crippen molar-refractivity contribution in [3.05, 3.63) is 40.2 Å². The van der Waals surface area contributed by atoms with E-state index in [0.717, 1.165) is 30.3 Å². The third-order valence-electron chi connectivity index (χ3n) is 7.35. The highest BCUT2D eigenvalue weighted by Crippen LogP contribution is 2.49. The number of fused-ring (bicyclic) bond motifs is 1. The average molecular weight is 499 g/mol. The third-order valence-corrected chi connectivity index (χ3v) is 8.64. The number of benzene rings is 1. The second kappa shape index (κ2) is 9.94. The highest BCUT2D eigenvalue weighted by atomic mass is 32.1. The number of hydrogen-bond donors (Lipinski definition) is 1. The summed E-state index contributed by atoms with van der Waals surface area (Å²) in [5.74, 6) is -0.419. The summed E-state index contributed by atoms with van der Waals surface area (Å²) in [5, 5.41) is 22.1. The molecule has 1 saturated heterocycles. The molecule has 3 heterocycles. The Hall–Kier alpha value is -2.98. The average Bonchev–Trinajstić information content (AvgIpc) is 3.60. The molecule has 1 atom stereocenters. The van der Waals surface area contributed by atoms with Crippen molar-refractivity contribution in [2.24, 2.45) is 5.92 Å². The molecule has 9 nitrogen and oxygen atoms in total. The molecule has 1 saturated carbocycles. The maximum absolute atomic E-state index is 12.8. The quantitative estimate of drug-likeness (QED) is 0.272. The van der Waals surface area contributed by atoms with E-state index >= 15 is 0 Å². The van der Waals surface area contributed by atoms with Crippen molar-refractivity contribution < 1.29 is 19.6 Å². The Morgan fingerprint density at radius 2 is 2.09 bits per heavy atom. The van der Waals surface area contributed by atoms with Gasteiger partial charge in [0.15, 0.2) is 5.56 Å². The molecule has 1 aromatic carbocycles. The zero-order chi connectivity index (χ0) is 24.5. The van der Waals surface area contributed by atoms with Gasteiger partial charge in [0.2, 0.25) is 0 Å². The van der Waals surface area contributed by atoms with E-state index in [1.165, 1.54) is 37.7 Å². The number of aromatic nitrogens is 2. The van der Waals surface area contributed by atoms with Gasteiger partial charge in [-0.3, -0.25) is 10.1 Å². The standard InChI is InChI=1S/C25H30N4O5S/c1-34-25(31)21-22(29(32)33)23(35-24(21)27-11-9-16(14-27)10-12-30)17-7-8-20-19(13-17)26-15-28(20)18-5-3-2-4-6-18/h7-8,13,15-16,18,30H,2-6,9-12,14H2,1H3. The van der Waals surface area contributed by atoms with Gasteiger partial charge in [-0.25, -0.2) is 9.78 Å². The molecule has 1 N–H and O–H groups in total.